The first kappa shape index (κ1) is 28.1. The summed E-state index contributed by atoms with van der Waals surface area (Å²) in [5, 5.41) is 13.6. The summed E-state index contributed by atoms with van der Waals surface area (Å²) >= 11 is 6.30. The molecule has 42 heavy (non-hydrogen) atoms. The fraction of sp³-hybridized carbons (Fsp3) is 0.310. The van der Waals surface area contributed by atoms with Crippen molar-refractivity contribution in [2.75, 3.05) is 0 Å². The van der Waals surface area contributed by atoms with Crippen LogP contribution in [0.1, 0.15) is 54.1 Å². The van der Waals surface area contributed by atoms with Gasteiger partial charge in [0.1, 0.15) is 18.2 Å². The molecule has 1 saturated carbocycles. The number of ether oxygens (including phenoxy) is 1. The second kappa shape index (κ2) is 11.3. The third-order valence-corrected chi connectivity index (χ3v) is 7.95. The molecule has 0 amide bonds. The van der Waals surface area contributed by atoms with Gasteiger partial charge in [-0.05, 0) is 53.7 Å². The van der Waals surface area contributed by atoms with Gasteiger partial charge in [0.25, 0.3) is 0 Å². The van der Waals surface area contributed by atoms with Crippen LogP contribution < -0.4 is 4.74 Å². The van der Waals surface area contributed by atoms with E-state index in [1.54, 1.807) is 12.1 Å². The number of aromatic nitrogens is 6. The average molecular weight is 603 g/mol. The van der Waals surface area contributed by atoms with Crippen LogP contribution in [0.3, 0.4) is 0 Å². The Hall–Kier alpha value is -4.06. The number of hydrogen-bond donors (Lipinski definition) is 2. The molecule has 0 aliphatic heterocycles. The number of hydrogen-bond acceptors (Lipinski definition) is 5. The summed E-state index contributed by atoms with van der Waals surface area (Å²) in [6.45, 7) is -0.340. The van der Waals surface area contributed by atoms with Crippen molar-refractivity contribution in [1.82, 2.24) is 30.6 Å². The quantitative estimate of drug-likeness (QED) is 0.186. The lowest BCUT2D eigenvalue weighted by Crippen LogP contribution is -2.21. The molecule has 2 atom stereocenters. The highest BCUT2D eigenvalue weighted by Crippen LogP contribution is 2.44. The molecule has 13 heteroatoms. The highest BCUT2D eigenvalue weighted by molar-refractivity contribution is 6.30. The van der Waals surface area contributed by atoms with Crippen molar-refractivity contribution >= 4 is 22.6 Å². The topological polar surface area (TPSA) is 92.4 Å². The van der Waals surface area contributed by atoms with Crippen molar-refractivity contribution in [2.24, 2.45) is 5.92 Å². The second-order valence-corrected chi connectivity index (χ2v) is 10.8. The SMILES string of the molecule is Fc1cc2nc(CC3CCCCC3c3ccc(Cl)cc3OCc3ccc(-c4nn[nH]n4)cc3C(F)(F)F)[nH]c2cc1F. The molecular weight excluding hydrogens is 579 g/mol. The van der Waals surface area contributed by atoms with E-state index >= 15 is 0 Å². The molecule has 5 aromatic rings. The molecule has 1 aliphatic carbocycles. The Morgan fingerprint density at radius 3 is 2.57 bits per heavy atom. The maximum atomic E-state index is 14.0. The molecule has 3 aromatic carbocycles. The number of tetrazole rings is 1. The van der Waals surface area contributed by atoms with E-state index in [4.69, 9.17) is 16.3 Å². The van der Waals surface area contributed by atoms with Crippen LogP contribution in [0.4, 0.5) is 22.0 Å². The van der Waals surface area contributed by atoms with Crippen LogP contribution in [0.25, 0.3) is 22.4 Å². The number of fused-ring (bicyclic) bond motifs is 1. The minimum Gasteiger partial charge on any atom is -0.489 e. The number of imidazole rings is 1. The Labute approximate surface area is 241 Å². The molecule has 7 nitrogen and oxygen atoms in total. The van der Waals surface area contributed by atoms with Gasteiger partial charge in [0.05, 0.1) is 16.6 Å². The zero-order valence-electron chi connectivity index (χ0n) is 22.0. The molecule has 0 bridgehead atoms. The number of halogens is 6. The summed E-state index contributed by atoms with van der Waals surface area (Å²) in [6.07, 6.45) is -0.434. The first-order chi connectivity index (χ1) is 20.2. The number of nitrogens with one attached hydrogen (secondary N) is 2. The van der Waals surface area contributed by atoms with Crippen LogP contribution in [0.5, 0.6) is 5.75 Å². The third-order valence-electron chi connectivity index (χ3n) is 7.71. The fourth-order valence-corrected chi connectivity index (χ4v) is 5.91. The highest BCUT2D eigenvalue weighted by Gasteiger charge is 2.35. The summed E-state index contributed by atoms with van der Waals surface area (Å²) in [6, 6.07) is 11.2. The number of rotatable bonds is 7. The molecule has 218 valence electrons. The third kappa shape index (κ3) is 5.80. The maximum absolute atomic E-state index is 14.0. The van der Waals surface area contributed by atoms with E-state index in [0.29, 0.717) is 34.1 Å². The lowest BCUT2D eigenvalue weighted by molar-refractivity contribution is -0.138. The lowest BCUT2D eigenvalue weighted by Gasteiger charge is -2.32. The van der Waals surface area contributed by atoms with Crippen LogP contribution in [0.15, 0.2) is 48.5 Å². The average Bonchev–Trinajstić information content (AvgIpc) is 3.62. The largest absolute Gasteiger partial charge is 0.489 e. The molecule has 0 spiro atoms. The van der Waals surface area contributed by atoms with Crippen molar-refractivity contribution < 1.29 is 26.7 Å². The Balaban J connectivity index is 1.27. The normalized spacial score (nSPS) is 17.6. The molecule has 0 saturated heterocycles. The van der Waals surface area contributed by atoms with Crippen molar-refractivity contribution in [3.8, 4) is 17.1 Å². The smallest absolute Gasteiger partial charge is 0.416 e. The highest BCUT2D eigenvalue weighted by atomic mass is 35.5. The molecule has 2 unspecified atom stereocenters. The fourth-order valence-electron chi connectivity index (χ4n) is 5.75. The van der Waals surface area contributed by atoms with Crippen LogP contribution >= 0.6 is 11.6 Å². The zero-order valence-corrected chi connectivity index (χ0v) is 22.7. The summed E-state index contributed by atoms with van der Waals surface area (Å²) in [7, 11) is 0. The Bertz CT molecular complexity index is 1680. The van der Waals surface area contributed by atoms with E-state index in [9.17, 15) is 22.0 Å². The van der Waals surface area contributed by atoms with Gasteiger partial charge >= 0.3 is 6.18 Å². The minimum atomic E-state index is -4.64. The number of benzene rings is 3. The molecule has 0 radical (unpaired) electrons. The van der Waals surface area contributed by atoms with Gasteiger partial charge in [0.2, 0.25) is 5.82 Å². The van der Waals surface area contributed by atoms with Crippen molar-refractivity contribution in [1.29, 1.82) is 0 Å². The predicted molar refractivity (Wildman–Crippen MR) is 145 cm³/mol. The Kier molecular flexibility index (Phi) is 7.56. The standard InChI is InChI=1S/C29H24ClF5N6O/c30-18-7-8-20(19-4-2-1-3-15(19)10-27-36-24-12-22(31)23(32)13-25(24)37-27)26(11-18)42-14-17-6-5-16(28-38-40-41-39-28)9-21(17)29(33,34)35/h5-9,11-13,15,19H,1-4,10,14H2,(H,36,37)(H,38,39,40,41). The van der Waals surface area contributed by atoms with Gasteiger partial charge in [-0.2, -0.15) is 18.4 Å². The van der Waals surface area contributed by atoms with Crippen molar-refractivity contribution in [2.45, 2.75) is 50.8 Å². The van der Waals surface area contributed by atoms with Crippen LogP contribution in [0.2, 0.25) is 5.02 Å². The molecule has 2 N–H and O–H groups in total. The first-order valence-electron chi connectivity index (χ1n) is 13.4. The maximum Gasteiger partial charge on any atom is 0.416 e. The Morgan fingerprint density at radius 2 is 1.79 bits per heavy atom. The van der Waals surface area contributed by atoms with E-state index in [1.165, 1.54) is 12.1 Å². The molecule has 1 fully saturated rings. The van der Waals surface area contributed by atoms with Gasteiger partial charge in [0.15, 0.2) is 11.6 Å². The Morgan fingerprint density at radius 1 is 0.976 bits per heavy atom. The summed E-state index contributed by atoms with van der Waals surface area (Å²) in [4.78, 5) is 7.57. The predicted octanol–water partition coefficient (Wildman–Crippen LogP) is 7.79. The first-order valence-corrected chi connectivity index (χ1v) is 13.7. The van der Waals surface area contributed by atoms with Gasteiger partial charge in [-0.1, -0.05) is 42.6 Å². The number of alkyl halides is 3. The zero-order chi connectivity index (χ0) is 29.4. The molecule has 1 aliphatic rings. The van der Waals surface area contributed by atoms with E-state index in [-0.39, 0.29) is 35.4 Å². The van der Waals surface area contributed by atoms with Crippen LogP contribution in [0, 0.1) is 17.6 Å². The van der Waals surface area contributed by atoms with E-state index < -0.39 is 23.4 Å². The molecule has 2 heterocycles. The summed E-state index contributed by atoms with van der Waals surface area (Å²) in [5.41, 5.74) is 0.859. The van der Waals surface area contributed by atoms with Crippen molar-refractivity contribution in [3.05, 3.63) is 87.7 Å². The molecular formula is C29H24ClF5N6O. The molecule has 6 rings (SSSR count). The van der Waals surface area contributed by atoms with Gasteiger partial charge in [0, 0.05) is 34.7 Å². The summed E-state index contributed by atoms with van der Waals surface area (Å²) < 4.78 is 75.6. The minimum absolute atomic E-state index is 0.00963. The van der Waals surface area contributed by atoms with Gasteiger partial charge in [-0.3, -0.25) is 0 Å². The number of aromatic amines is 2. The second-order valence-electron chi connectivity index (χ2n) is 10.4. The van der Waals surface area contributed by atoms with Gasteiger partial charge in [-0.15, -0.1) is 10.2 Å². The number of nitrogens with zero attached hydrogens (tertiary/aromatic N) is 4. The van der Waals surface area contributed by atoms with E-state index in [2.05, 4.69) is 30.6 Å². The number of H-pyrrole nitrogens is 2. The molecule has 2 aromatic heterocycles. The van der Waals surface area contributed by atoms with Crippen LogP contribution in [-0.4, -0.2) is 30.6 Å². The van der Waals surface area contributed by atoms with Gasteiger partial charge < -0.3 is 9.72 Å². The lowest BCUT2D eigenvalue weighted by atomic mass is 9.73. The van der Waals surface area contributed by atoms with Crippen LogP contribution in [-0.2, 0) is 19.2 Å². The van der Waals surface area contributed by atoms with Crippen molar-refractivity contribution in [3.63, 3.8) is 0 Å². The van der Waals surface area contributed by atoms with E-state index in [1.807, 2.05) is 6.07 Å². The van der Waals surface area contributed by atoms with Gasteiger partial charge in [-0.25, -0.2) is 13.8 Å². The monoisotopic (exact) mass is 602 g/mol. The summed E-state index contributed by atoms with van der Waals surface area (Å²) in [5.74, 6) is -0.726. The van der Waals surface area contributed by atoms with E-state index in [0.717, 1.165) is 49.4 Å².